The van der Waals surface area contributed by atoms with Crippen molar-refractivity contribution in [2.75, 3.05) is 18.6 Å². The van der Waals surface area contributed by atoms with Crippen molar-refractivity contribution < 1.29 is 4.74 Å². The molecule has 0 N–H and O–H groups in total. The summed E-state index contributed by atoms with van der Waals surface area (Å²) in [7, 11) is 1.71. The number of anilines is 1. The number of nitrogens with zero attached hydrogens (tertiary/aromatic N) is 3. The third-order valence-corrected chi connectivity index (χ3v) is 4.34. The van der Waals surface area contributed by atoms with Crippen molar-refractivity contribution in [1.29, 1.82) is 0 Å². The Morgan fingerprint density at radius 1 is 1.42 bits per heavy atom. The highest BCUT2D eigenvalue weighted by Gasteiger charge is 2.28. The van der Waals surface area contributed by atoms with Crippen LogP contribution in [0.15, 0.2) is 24.3 Å². The Morgan fingerprint density at radius 3 is 3.05 bits per heavy atom. The maximum atomic E-state index is 5.32. The van der Waals surface area contributed by atoms with Crippen LogP contribution in [-0.2, 0) is 0 Å². The maximum absolute atomic E-state index is 5.32. The zero-order valence-electron chi connectivity index (χ0n) is 11.2. The maximum Gasteiger partial charge on any atom is 0.205 e. The van der Waals surface area contributed by atoms with Gasteiger partial charge in [-0.2, -0.15) is 4.37 Å². The predicted molar refractivity (Wildman–Crippen MR) is 77.0 cm³/mol. The summed E-state index contributed by atoms with van der Waals surface area (Å²) in [6.07, 6.45) is 2.35. The minimum Gasteiger partial charge on any atom is -0.497 e. The van der Waals surface area contributed by atoms with E-state index in [1.165, 1.54) is 23.5 Å². The van der Waals surface area contributed by atoms with Crippen molar-refractivity contribution in [3.63, 3.8) is 0 Å². The summed E-state index contributed by atoms with van der Waals surface area (Å²) in [5, 5.41) is 1.03. The summed E-state index contributed by atoms with van der Waals surface area (Å²) < 4.78 is 9.60. The van der Waals surface area contributed by atoms with Gasteiger partial charge in [0.1, 0.15) is 11.6 Å². The summed E-state index contributed by atoms with van der Waals surface area (Å²) in [5.74, 6) is 1.77. The molecule has 0 spiro atoms. The molecule has 1 aromatic heterocycles. The fraction of sp³-hybridized carbons (Fsp3) is 0.429. The first-order valence-corrected chi connectivity index (χ1v) is 7.26. The molecular weight excluding hydrogens is 258 g/mol. The lowest BCUT2D eigenvalue weighted by Gasteiger charge is -2.24. The second kappa shape index (κ2) is 5.17. The van der Waals surface area contributed by atoms with Gasteiger partial charge in [-0.1, -0.05) is 12.1 Å². The normalized spacial score (nSPS) is 18.8. The van der Waals surface area contributed by atoms with Crippen molar-refractivity contribution in [3.05, 3.63) is 35.7 Å². The molecule has 3 rings (SSSR count). The molecule has 0 aliphatic carbocycles. The topological polar surface area (TPSA) is 38.2 Å². The number of aromatic nitrogens is 2. The van der Waals surface area contributed by atoms with E-state index in [2.05, 4.69) is 32.5 Å². The number of aryl methyl sites for hydroxylation is 1. The standard InChI is InChI=1S/C14H17N3OS/c1-10-15-14(19-16-10)17-8-4-7-13(17)11-5-3-6-12(9-11)18-2/h3,5-6,9,13H,4,7-8H2,1-2H3. The lowest BCUT2D eigenvalue weighted by molar-refractivity contribution is 0.414. The fourth-order valence-electron chi connectivity index (χ4n) is 2.59. The molecule has 1 aliphatic rings. The first-order chi connectivity index (χ1) is 9.28. The Balaban J connectivity index is 1.90. The fourth-order valence-corrected chi connectivity index (χ4v) is 3.34. The minimum absolute atomic E-state index is 0.391. The molecular formula is C14H17N3OS. The van der Waals surface area contributed by atoms with E-state index in [-0.39, 0.29) is 0 Å². The highest BCUT2D eigenvalue weighted by atomic mass is 32.1. The van der Waals surface area contributed by atoms with Gasteiger partial charge in [0.15, 0.2) is 0 Å². The molecule has 0 radical (unpaired) electrons. The summed E-state index contributed by atoms with van der Waals surface area (Å²) in [6.45, 7) is 2.99. The number of methoxy groups -OCH3 is 1. The van der Waals surface area contributed by atoms with Crippen LogP contribution in [0.4, 0.5) is 5.13 Å². The average Bonchev–Trinajstić information content (AvgIpc) is 3.07. The Morgan fingerprint density at radius 2 is 2.32 bits per heavy atom. The van der Waals surface area contributed by atoms with Gasteiger partial charge in [-0.05, 0) is 37.5 Å². The summed E-state index contributed by atoms with van der Waals surface area (Å²) in [5.41, 5.74) is 1.30. The Kier molecular flexibility index (Phi) is 3.38. The summed E-state index contributed by atoms with van der Waals surface area (Å²) in [4.78, 5) is 6.87. The molecule has 2 aromatic rings. The summed E-state index contributed by atoms with van der Waals surface area (Å²) in [6, 6.07) is 8.71. The van der Waals surface area contributed by atoms with E-state index in [1.54, 1.807) is 7.11 Å². The third-order valence-electron chi connectivity index (χ3n) is 3.49. The van der Waals surface area contributed by atoms with Crippen LogP contribution in [0.1, 0.15) is 30.3 Å². The van der Waals surface area contributed by atoms with Crippen LogP contribution in [0, 0.1) is 6.92 Å². The zero-order valence-corrected chi connectivity index (χ0v) is 12.0. The molecule has 1 saturated heterocycles. The van der Waals surface area contributed by atoms with Crippen molar-refractivity contribution in [1.82, 2.24) is 9.36 Å². The molecule has 1 unspecified atom stereocenters. The second-order valence-corrected chi connectivity index (χ2v) is 5.48. The molecule has 2 heterocycles. The quantitative estimate of drug-likeness (QED) is 0.862. The van der Waals surface area contributed by atoms with Gasteiger partial charge >= 0.3 is 0 Å². The summed E-state index contributed by atoms with van der Waals surface area (Å²) >= 11 is 1.49. The number of hydrogen-bond acceptors (Lipinski definition) is 5. The Labute approximate surface area is 117 Å². The number of hydrogen-bond donors (Lipinski definition) is 0. The monoisotopic (exact) mass is 275 g/mol. The van der Waals surface area contributed by atoms with Gasteiger partial charge in [-0.3, -0.25) is 0 Å². The first-order valence-electron chi connectivity index (χ1n) is 6.49. The molecule has 4 nitrogen and oxygen atoms in total. The van der Waals surface area contributed by atoms with Crippen molar-refractivity contribution in [3.8, 4) is 5.75 Å². The van der Waals surface area contributed by atoms with Crippen LogP contribution in [-0.4, -0.2) is 23.0 Å². The lowest BCUT2D eigenvalue weighted by Crippen LogP contribution is -2.22. The largest absolute Gasteiger partial charge is 0.497 e. The van der Waals surface area contributed by atoms with Crippen molar-refractivity contribution in [2.24, 2.45) is 0 Å². The van der Waals surface area contributed by atoms with Gasteiger partial charge < -0.3 is 9.64 Å². The predicted octanol–water partition coefficient (Wildman–Crippen LogP) is 3.20. The molecule has 1 fully saturated rings. The molecule has 1 aromatic carbocycles. The van der Waals surface area contributed by atoms with E-state index in [1.807, 2.05) is 13.0 Å². The van der Waals surface area contributed by atoms with Crippen LogP contribution in [0.2, 0.25) is 0 Å². The van der Waals surface area contributed by atoms with Crippen LogP contribution in [0.3, 0.4) is 0 Å². The van der Waals surface area contributed by atoms with E-state index >= 15 is 0 Å². The molecule has 19 heavy (non-hydrogen) atoms. The van der Waals surface area contributed by atoms with Gasteiger partial charge in [0.05, 0.1) is 13.2 Å². The average molecular weight is 275 g/mol. The zero-order chi connectivity index (χ0) is 13.2. The lowest BCUT2D eigenvalue weighted by atomic mass is 10.0. The van der Waals surface area contributed by atoms with Gasteiger partial charge in [-0.25, -0.2) is 4.98 Å². The molecule has 0 amide bonds. The third kappa shape index (κ3) is 2.42. The Hall–Kier alpha value is -1.62. The SMILES string of the molecule is COc1cccc(C2CCCN2c2nc(C)ns2)c1. The van der Waals surface area contributed by atoms with Crippen molar-refractivity contribution in [2.45, 2.75) is 25.8 Å². The van der Waals surface area contributed by atoms with Gasteiger partial charge in [-0.15, -0.1) is 0 Å². The van der Waals surface area contributed by atoms with Crippen LogP contribution in [0.5, 0.6) is 5.75 Å². The highest BCUT2D eigenvalue weighted by molar-refractivity contribution is 7.09. The van der Waals surface area contributed by atoms with Crippen LogP contribution in [0.25, 0.3) is 0 Å². The second-order valence-electron chi connectivity index (χ2n) is 4.75. The molecule has 1 atom stereocenters. The smallest absolute Gasteiger partial charge is 0.205 e. The van der Waals surface area contributed by atoms with Gasteiger partial charge in [0.2, 0.25) is 5.13 Å². The number of ether oxygens (including phenoxy) is 1. The number of benzene rings is 1. The molecule has 1 aliphatic heterocycles. The Bertz CT molecular complexity index is 569. The van der Waals surface area contributed by atoms with Crippen molar-refractivity contribution >= 4 is 16.7 Å². The van der Waals surface area contributed by atoms with E-state index in [0.29, 0.717) is 6.04 Å². The van der Waals surface area contributed by atoms with E-state index < -0.39 is 0 Å². The minimum atomic E-state index is 0.391. The molecule has 5 heteroatoms. The van der Waals surface area contributed by atoms with Crippen LogP contribution >= 0.6 is 11.5 Å². The highest BCUT2D eigenvalue weighted by Crippen LogP contribution is 2.37. The molecule has 0 bridgehead atoms. The van der Waals surface area contributed by atoms with E-state index in [9.17, 15) is 0 Å². The first kappa shape index (κ1) is 12.4. The van der Waals surface area contributed by atoms with E-state index in [0.717, 1.165) is 29.7 Å². The van der Waals surface area contributed by atoms with Gasteiger partial charge in [0.25, 0.3) is 0 Å². The molecule has 0 saturated carbocycles. The van der Waals surface area contributed by atoms with Gasteiger partial charge in [0, 0.05) is 18.1 Å². The molecule has 100 valence electrons. The van der Waals surface area contributed by atoms with Crippen LogP contribution < -0.4 is 9.64 Å². The number of rotatable bonds is 3. The van der Waals surface area contributed by atoms with E-state index in [4.69, 9.17) is 4.74 Å².